The number of likely N-dealkylation sites (tertiary alicyclic amines) is 1. The van der Waals surface area contributed by atoms with Crippen molar-refractivity contribution in [1.82, 2.24) is 14.8 Å². The number of aromatic nitrogens is 1. The summed E-state index contributed by atoms with van der Waals surface area (Å²) in [5, 5.41) is 4.18. The predicted octanol–water partition coefficient (Wildman–Crippen LogP) is 3.41. The number of hydrogen-bond donors (Lipinski definition) is 1. The third-order valence-electron chi connectivity index (χ3n) is 5.68. The maximum absolute atomic E-state index is 12.5. The highest BCUT2D eigenvalue weighted by Gasteiger charge is 2.21. The van der Waals surface area contributed by atoms with Crippen LogP contribution in [0.15, 0.2) is 70.4 Å². The number of nitrogens with zero attached hydrogens (tertiary/aromatic N) is 2. The summed E-state index contributed by atoms with van der Waals surface area (Å²) in [6.07, 6.45) is 1.94. The molecule has 1 N–H and O–H groups in total. The standard InChI is InChI=1S/C24H27N3O2S/c1-26-21-10-6-5-9-20(21)22(15-24(26)29)30-17-23(28)25-19-11-13-27(14-12-19)16-18-7-3-2-4-8-18/h2-10,15,19H,11-14,16-17H2,1H3,(H,25,28). The number of rotatable bonds is 6. The van der Waals surface area contributed by atoms with Crippen LogP contribution in [0.3, 0.4) is 0 Å². The number of carbonyl (C=O) groups is 1. The second kappa shape index (κ2) is 9.49. The number of thioether (sulfide) groups is 1. The van der Waals surface area contributed by atoms with E-state index in [1.54, 1.807) is 17.7 Å². The van der Waals surface area contributed by atoms with Crippen molar-refractivity contribution in [2.75, 3.05) is 18.8 Å². The summed E-state index contributed by atoms with van der Waals surface area (Å²) < 4.78 is 1.64. The molecule has 0 saturated carbocycles. The normalized spacial score (nSPS) is 15.4. The number of pyridine rings is 1. The van der Waals surface area contributed by atoms with Crippen molar-refractivity contribution in [3.05, 3.63) is 76.6 Å². The lowest BCUT2D eigenvalue weighted by Gasteiger charge is -2.32. The third kappa shape index (κ3) is 4.94. The molecule has 5 nitrogen and oxygen atoms in total. The van der Waals surface area contributed by atoms with Crippen molar-refractivity contribution in [3.8, 4) is 0 Å². The summed E-state index contributed by atoms with van der Waals surface area (Å²) in [5.74, 6) is 0.354. The van der Waals surface area contributed by atoms with Crippen LogP contribution < -0.4 is 10.9 Å². The van der Waals surface area contributed by atoms with Gasteiger partial charge in [-0.05, 0) is 24.5 Å². The minimum atomic E-state index is -0.0533. The number of aryl methyl sites for hydroxylation is 1. The summed E-state index contributed by atoms with van der Waals surface area (Å²) in [7, 11) is 1.77. The van der Waals surface area contributed by atoms with Gasteiger partial charge in [0.25, 0.3) is 5.56 Å². The maximum Gasteiger partial charge on any atom is 0.251 e. The molecular formula is C24H27N3O2S. The molecule has 1 saturated heterocycles. The van der Waals surface area contributed by atoms with E-state index >= 15 is 0 Å². The third-order valence-corrected chi connectivity index (χ3v) is 6.73. The van der Waals surface area contributed by atoms with E-state index in [9.17, 15) is 9.59 Å². The van der Waals surface area contributed by atoms with Gasteiger partial charge >= 0.3 is 0 Å². The Morgan fingerprint density at radius 2 is 1.77 bits per heavy atom. The van der Waals surface area contributed by atoms with Crippen LogP contribution in [0.2, 0.25) is 0 Å². The Morgan fingerprint density at radius 1 is 1.07 bits per heavy atom. The maximum atomic E-state index is 12.5. The van der Waals surface area contributed by atoms with Gasteiger partial charge in [0.15, 0.2) is 0 Å². The molecule has 6 heteroatoms. The first-order valence-electron chi connectivity index (χ1n) is 10.4. The van der Waals surface area contributed by atoms with Crippen LogP contribution in [0.5, 0.6) is 0 Å². The average molecular weight is 422 g/mol. The second-order valence-electron chi connectivity index (χ2n) is 7.82. The summed E-state index contributed by atoms with van der Waals surface area (Å²) >= 11 is 1.44. The summed E-state index contributed by atoms with van der Waals surface area (Å²) in [6.45, 7) is 2.95. The second-order valence-corrected chi connectivity index (χ2v) is 8.83. The first-order valence-corrected chi connectivity index (χ1v) is 11.4. The van der Waals surface area contributed by atoms with Crippen LogP contribution in [0.25, 0.3) is 10.9 Å². The number of para-hydroxylation sites is 1. The molecule has 2 heterocycles. The molecule has 0 aliphatic carbocycles. The molecule has 156 valence electrons. The molecule has 1 aliphatic heterocycles. The number of fused-ring (bicyclic) bond motifs is 1. The monoisotopic (exact) mass is 421 g/mol. The number of benzene rings is 2. The predicted molar refractivity (Wildman–Crippen MR) is 123 cm³/mol. The van der Waals surface area contributed by atoms with Crippen molar-refractivity contribution >= 4 is 28.6 Å². The number of carbonyl (C=O) groups excluding carboxylic acids is 1. The van der Waals surface area contributed by atoms with Gasteiger partial charge in [0.2, 0.25) is 5.91 Å². The zero-order valence-corrected chi connectivity index (χ0v) is 18.0. The molecule has 0 bridgehead atoms. The zero-order chi connectivity index (χ0) is 20.9. The lowest BCUT2D eigenvalue weighted by atomic mass is 10.0. The lowest BCUT2D eigenvalue weighted by Crippen LogP contribution is -2.44. The number of amides is 1. The Hall–Kier alpha value is -2.57. The first kappa shape index (κ1) is 20.7. The van der Waals surface area contributed by atoms with E-state index in [2.05, 4.69) is 34.5 Å². The SMILES string of the molecule is Cn1c(=O)cc(SCC(=O)NC2CCN(Cc3ccccc3)CC2)c2ccccc21. The van der Waals surface area contributed by atoms with E-state index in [-0.39, 0.29) is 17.5 Å². The molecule has 0 spiro atoms. The van der Waals surface area contributed by atoms with Crippen LogP contribution in [-0.4, -0.2) is 40.3 Å². The Kier molecular flexibility index (Phi) is 6.55. The quantitative estimate of drug-likeness (QED) is 0.620. The molecule has 1 aromatic heterocycles. The summed E-state index contributed by atoms with van der Waals surface area (Å²) in [6, 6.07) is 20.2. The highest BCUT2D eigenvalue weighted by Crippen LogP contribution is 2.26. The van der Waals surface area contributed by atoms with E-state index in [0.717, 1.165) is 48.3 Å². The van der Waals surface area contributed by atoms with Gasteiger partial charge in [0.1, 0.15) is 0 Å². The molecule has 1 amide bonds. The minimum Gasteiger partial charge on any atom is -0.353 e. The molecule has 3 aromatic rings. The molecule has 2 aromatic carbocycles. The lowest BCUT2D eigenvalue weighted by molar-refractivity contribution is -0.119. The molecule has 0 unspecified atom stereocenters. The fourth-order valence-electron chi connectivity index (χ4n) is 3.99. The average Bonchev–Trinajstić information content (AvgIpc) is 2.77. The molecule has 0 atom stereocenters. The van der Waals surface area contributed by atoms with Gasteiger partial charge in [-0.2, -0.15) is 0 Å². The van der Waals surface area contributed by atoms with E-state index in [1.165, 1.54) is 17.3 Å². The Balaban J connectivity index is 1.29. The highest BCUT2D eigenvalue weighted by molar-refractivity contribution is 8.00. The minimum absolute atomic E-state index is 0.0336. The van der Waals surface area contributed by atoms with Crippen molar-refractivity contribution in [3.63, 3.8) is 0 Å². The molecule has 30 heavy (non-hydrogen) atoms. The van der Waals surface area contributed by atoms with Crippen molar-refractivity contribution in [1.29, 1.82) is 0 Å². The van der Waals surface area contributed by atoms with Gasteiger partial charge in [0.05, 0.1) is 11.3 Å². The van der Waals surface area contributed by atoms with Crippen LogP contribution >= 0.6 is 11.8 Å². The van der Waals surface area contributed by atoms with Gasteiger partial charge in [-0.15, -0.1) is 11.8 Å². The summed E-state index contributed by atoms with van der Waals surface area (Å²) in [4.78, 5) is 28.0. The van der Waals surface area contributed by atoms with Crippen molar-refractivity contribution in [2.24, 2.45) is 7.05 Å². The van der Waals surface area contributed by atoms with Crippen molar-refractivity contribution < 1.29 is 4.79 Å². The highest BCUT2D eigenvalue weighted by atomic mass is 32.2. The van der Waals surface area contributed by atoms with Gasteiger partial charge in [-0.1, -0.05) is 48.5 Å². The van der Waals surface area contributed by atoms with Gasteiger partial charge in [-0.25, -0.2) is 0 Å². The van der Waals surface area contributed by atoms with Gasteiger partial charge < -0.3 is 9.88 Å². The van der Waals surface area contributed by atoms with Crippen molar-refractivity contribution in [2.45, 2.75) is 30.3 Å². The van der Waals surface area contributed by atoms with Gasteiger partial charge in [-0.3, -0.25) is 14.5 Å². The number of hydrogen-bond acceptors (Lipinski definition) is 4. The largest absolute Gasteiger partial charge is 0.353 e. The molecular weight excluding hydrogens is 394 g/mol. The smallest absolute Gasteiger partial charge is 0.251 e. The Bertz CT molecular complexity index is 1070. The van der Waals surface area contributed by atoms with Gasteiger partial charge in [0, 0.05) is 49.1 Å². The van der Waals surface area contributed by atoms with Crippen LogP contribution in [0.1, 0.15) is 18.4 Å². The summed E-state index contributed by atoms with van der Waals surface area (Å²) in [5.41, 5.74) is 2.17. The zero-order valence-electron chi connectivity index (χ0n) is 17.2. The Morgan fingerprint density at radius 3 is 2.53 bits per heavy atom. The first-order chi connectivity index (χ1) is 14.6. The fourth-order valence-corrected chi connectivity index (χ4v) is 4.87. The van der Waals surface area contributed by atoms with Crippen LogP contribution in [-0.2, 0) is 18.4 Å². The molecule has 1 aliphatic rings. The molecule has 0 radical (unpaired) electrons. The molecule has 1 fully saturated rings. The number of nitrogens with one attached hydrogen (secondary N) is 1. The van der Waals surface area contributed by atoms with Crippen LogP contribution in [0.4, 0.5) is 0 Å². The van der Waals surface area contributed by atoms with E-state index < -0.39 is 0 Å². The number of piperidine rings is 1. The molecule has 4 rings (SSSR count). The van der Waals surface area contributed by atoms with E-state index in [0.29, 0.717) is 5.75 Å². The Labute approximate surface area is 181 Å². The fraction of sp³-hybridized carbons (Fsp3) is 0.333. The van der Waals surface area contributed by atoms with Crippen LogP contribution in [0, 0.1) is 0 Å². The topological polar surface area (TPSA) is 54.3 Å². The van der Waals surface area contributed by atoms with E-state index in [4.69, 9.17) is 0 Å². The van der Waals surface area contributed by atoms with E-state index in [1.807, 2.05) is 30.3 Å².